The summed E-state index contributed by atoms with van der Waals surface area (Å²) < 4.78 is 67.2. The molecule has 1 aromatic rings. The first-order valence-corrected chi connectivity index (χ1v) is 8.56. The number of aromatic nitrogens is 1. The van der Waals surface area contributed by atoms with E-state index in [-0.39, 0.29) is 10.8 Å². The fourth-order valence-electron chi connectivity index (χ4n) is 2.92. The van der Waals surface area contributed by atoms with Crippen molar-refractivity contribution >= 4 is 10.0 Å². The molecule has 3 rings (SSSR count). The predicted molar refractivity (Wildman–Crippen MR) is 74.4 cm³/mol. The number of hydrogen-bond donors (Lipinski definition) is 1. The molecule has 0 spiro atoms. The largest absolute Gasteiger partial charge is 0.468 e. The van der Waals surface area contributed by atoms with E-state index in [2.05, 4.69) is 15.0 Å². The van der Waals surface area contributed by atoms with Gasteiger partial charge in [-0.1, -0.05) is 0 Å². The normalized spacial score (nSPS) is 25.5. The second-order valence-corrected chi connectivity index (χ2v) is 7.67. The van der Waals surface area contributed by atoms with Gasteiger partial charge in [0, 0.05) is 19.2 Å². The van der Waals surface area contributed by atoms with Crippen LogP contribution >= 0.6 is 0 Å². The van der Waals surface area contributed by atoms with Crippen LogP contribution in [0.2, 0.25) is 0 Å². The lowest BCUT2D eigenvalue weighted by molar-refractivity contribution is -0.154. The van der Waals surface area contributed by atoms with Gasteiger partial charge in [0.1, 0.15) is 4.90 Å². The van der Waals surface area contributed by atoms with Crippen molar-refractivity contribution in [1.29, 1.82) is 0 Å². The molecule has 0 saturated carbocycles. The van der Waals surface area contributed by atoms with E-state index in [1.165, 1.54) is 10.4 Å². The lowest BCUT2D eigenvalue weighted by atomic mass is 10.0. The molecule has 1 N–H and O–H groups in total. The van der Waals surface area contributed by atoms with E-state index in [0.717, 1.165) is 25.4 Å². The molecule has 2 saturated heterocycles. The van der Waals surface area contributed by atoms with Crippen LogP contribution in [0.15, 0.2) is 23.2 Å². The summed E-state index contributed by atoms with van der Waals surface area (Å²) in [7, 11) is -3.68. The molecule has 0 amide bonds. The first kappa shape index (κ1) is 16.5. The molecular formula is C13H16F3N3O3S. The van der Waals surface area contributed by atoms with Gasteiger partial charge in [0.05, 0.1) is 6.20 Å². The molecule has 1 aromatic heterocycles. The van der Waals surface area contributed by atoms with Crippen molar-refractivity contribution < 1.29 is 26.3 Å². The minimum Gasteiger partial charge on any atom is -0.468 e. The van der Waals surface area contributed by atoms with Crippen LogP contribution in [0.3, 0.4) is 0 Å². The van der Waals surface area contributed by atoms with Crippen LogP contribution in [-0.2, 0) is 10.0 Å². The summed E-state index contributed by atoms with van der Waals surface area (Å²) in [6, 6.07) is 2.36. The molecule has 128 valence electrons. The molecule has 2 atom stereocenters. The molecule has 3 heterocycles. The van der Waals surface area contributed by atoms with Gasteiger partial charge in [-0.25, -0.2) is 13.4 Å². The first-order valence-electron chi connectivity index (χ1n) is 7.12. The lowest BCUT2D eigenvalue weighted by Crippen LogP contribution is -2.32. The van der Waals surface area contributed by atoms with E-state index in [1.807, 2.05) is 0 Å². The Kier molecular flexibility index (Phi) is 4.23. The van der Waals surface area contributed by atoms with E-state index < -0.39 is 22.8 Å². The third-order valence-electron chi connectivity index (χ3n) is 4.09. The molecular weight excluding hydrogens is 335 g/mol. The molecule has 2 fully saturated rings. The van der Waals surface area contributed by atoms with Crippen molar-refractivity contribution in [3.05, 3.63) is 18.3 Å². The summed E-state index contributed by atoms with van der Waals surface area (Å²) in [4.78, 5) is 3.61. The van der Waals surface area contributed by atoms with E-state index in [0.29, 0.717) is 24.9 Å². The Labute approximate surface area is 131 Å². The number of alkyl halides is 3. The second kappa shape index (κ2) is 5.91. The molecule has 0 bridgehead atoms. The van der Waals surface area contributed by atoms with Crippen molar-refractivity contribution in [2.75, 3.05) is 32.8 Å². The van der Waals surface area contributed by atoms with Crippen molar-refractivity contribution in [2.24, 2.45) is 11.8 Å². The van der Waals surface area contributed by atoms with E-state index >= 15 is 0 Å². The predicted octanol–water partition coefficient (Wildman–Crippen LogP) is 0.863. The molecule has 2 aliphatic heterocycles. The lowest BCUT2D eigenvalue weighted by Gasteiger charge is -2.17. The molecule has 0 aliphatic carbocycles. The minimum absolute atomic E-state index is 0.0372. The highest BCUT2D eigenvalue weighted by atomic mass is 32.2. The Hall–Kier alpha value is -1.39. The summed E-state index contributed by atoms with van der Waals surface area (Å²) in [6.07, 6.45) is -3.43. The van der Waals surface area contributed by atoms with Crippen LogP contribution in [0.4, 0.5) is 13.2 Å². The fraction of sp³-hybridized carbons (Fsp3) is 0.615. The van der Waals surface area contributed by atoms with Crippen molar-refractivity contribution in [2.45, 2.75) is 11.1 Å². The molecule has 0 radical (unpaired) electrons. The Morgan fingerprint density at radius 3 is 2.43 bits per heavy atom. The van der Waals surface area contributed by atoms with Gasteiger partial charge >= 0.3 is 6.18 Å². The Morgan fingerprint density at radius 1 is 1.26 bits per heavy atom. The van der Waals surface area contributed by atoms with Crippen LogP contribution in [0.1, 0.15) is 0 Å². The van der Waals surface area contributed by atoms with Gasteiger partial charge in [-0.05, 0) is 31.0 Å². The van der Waals surface area contributed by atoms with Crippen LogP contribution in [0.25, 0.3) is 0 Å². The van der Waals surface area contributed by atoms with Crippen molar-refractivity contribution in [3.63, 3.8) is 0 Å². The Morgan fingerprint density at radius 2 is 1.91 bits per heavy atom. The number of sulfonamides is 1. The zero-order valence-corrected chi connectivity index (χ0v) is 12.9. The zero-order chi connectivity index (χ0) is 16.7. The standard InChI is InChI=1S/C13H16F3N3O3S/c14-13(15,16)8-22-12-2-1-11(5-18-12)23(20,21)19-6-9-3-17-4-10(9)7-19/h1-2,5,9-10,17H,3-4,6-8H2/t9-,10+. The van der Waals surface area contributed by atoms with Gasteiger partial charge in [-0.2, -0.15) is 17.5 Å². The summed E-state index contributed by atoms with van der Waals surface area (Å²) in [5.41, 5.74) is 0. The minimum atomic E-state index is -4.46. The highest BCUT2D eigenvalue weighted by Gasteiger charge is 2.41. The van der Waals surface area contributed by atoms with Gasteiger partial charge in [0.25, 0.3) is 0 Å². The average Bonchev–Trinajstić information content (AvgIpc) is 3.06. The maximum atomic E-state index is 12.5. The van der Waals surface area contributed by atoms with Gasteiger partial charge in [-0.3, -0.25) is 0 Å². The third-order valence-corrected chi connectivity index (χ3v) is 5.90. The Balaban J connectivity index is 1.68. The number of halogens is 3. The van der Waals surface area contributed by atoms with Crippen LogP contribution in [-0.4, -0.2) is 56.7 Å². The zero-order valence-electron chi connectivity index (χ0n) is 12.1. The number of rotatable bonds is 4. The number of fused-ring (bicyclic) bond motifs is 1. The summed E-state index contributed by atoms with van der Waals surface area (Å²) in [6.45, 7) is 1.05. The highest BCUT2D eigenvalue weighted by molar-refractivity contribution is 7.89. The number of hydrogen-bond acceptors (Lipinski definition) is 5. The smallest absolute Gasteiger partial charge is 0.422 e. The molecule has 6 nitrogen and oxygen atoms in total. The number of nitrogens with zero attached hydrogens (tertiary/aromatic N) is 2. The number of pyridine rings is 1. The highest BCUT2D eigenvalue weighted by Crippen LogP contribution is 2.30. The van der Waals surface area contributed by atoms with Crippen molar-refractivity contribution in [1.82, 2.24) is 14.6 Å². The molecule has 10 heteroatoms. The molecule has 2 aliphatic rings. The molecule has 0 unspecified atom stereocenters. The average molecular weight is 351 g/mol. The first-order chi connectivity index (χ1) is 10.8. The van der Waals surface area contributed by atoms with E-state index in [1.54, 1.807) is 0 Å². The van der Waals surface area contributed by atoms with Gasteiger partial charge in [-0.15, -0.1) is 0 Å². The van der Waals surface area contributed by atoms with Gasteiger partial charge in [0.15, 0.2) is 6.61 Å². The quantitative estimate of drug-likeness (QED) is 0.871. The topological polar surface area (TPSA) is 71.5 Å². The maximum Gasteiger partial charge on any atom is 0.422 e. The van der Waals surface area contributed by atoms with Crippen molar-refractivity contribution in [3.8, 4) is 5.88 Å². The van der Waals surface area contributed by atoms with Crippen LogP contribution in [0, 0.1) is 11.8 Å². The van der Waals surface area contributed by atoms with Gasteiger partial charge in [0.2, 0.25) is 15.9 Å². The summed E-state index contributed by atoms with van der Waals surface area (Å²) in [5, 5.41) is 3.23. The number of ether oxygens (including phenoxy) is 1. The van der Waals surface area contributed by atoms with Crippen LogP contribution < -0.4 is 10.1 Å². The SMILES string of the molecule is O=S(=O)(c1ccc(OCC(F)(F)F)nc1)N1C[C@H]2CNC[C@H]2C1. The third kappa shape index (κ3) is 3.59. The monoisotopic (exact) mass is 351 g/mol. The maximum absolute atomic E-state index is 12.5. The number of nitrogens with one attached hydrogen (secondary N) is 1. The molecule has 23 heavy (non-hydrogen) atoms. The second-order valence-electron chi connectivity index (χ2n) is 5.74. The Bertz CT molecular complexity index is 651. The van der Waals surface area contributed by atoms with E-state index in [4.69, 9.17) is 0 Å². The summed E-state index contributed by atoms with van der Waals surface area (Å²) >= 11 is 0. The summed E-state index contributed by atoms with van der Waals surface area (Å²) in [5.74, 6) is 0.364. The fourth-order valence-corrected chi connectivity index (χ4v) is 4.42. The molecule has 0 aromatic carbocycles. The van der Waals surface area contributed by atoms with Gasteiger partial charge < -0.3 is 10.1 Å². The van der Waals surface area contributed by atoms with E-state index in [9.17, 15) is 21.6 Å². The van der Waals surface area contributed by atoms with Crippen LogP contribution in [0.5, 0.6) is 5.88 Å².